The second kappa shape index (κ2) is 3.81. The van der Waals surface area contributed by atoms with Gasteiger partial charge in [0.2, 0.25) is 0 Å². The first-order valence-electron chi connectivity index (χ1n) is 5.13. The number of benzene rings is 1. The van der Waals surface area contributed by atoms with Crippen LogP contribution in [-0.2, 0) is 5.54 Å². The first-order chi connectivity index (χ1) is 8.11. The van der Waals surface area contributed by atoms with Crippen molar-refractivity contribution in [2.45, 2.75) is 30.7 Å². The van der Waals surface area contributed by atoms with Gasteiger partial charge in [0, 0.05) is 18.4 Å². The van der Waals surface area contributed by atoms with E-state index in [1.807, 2.05) is 0 Å². The van der Waals surface area contributed by atoms with Crippen LogP contribution in [0.5, 0.6) is 5.75 Å². The second-order valence-corrected chi connectivity index (χ2v) is 4.41. The van der Waals surface area contributed by atoms with Gasteiger partial charge in [-0.3, -0.25) is 0 Å². The summed E-state index contributed by atoms with van der Waals surface area (Å²) in [5.41, 5.74) is 4.18. The molecule has 0 bridgehead atoms. The standard InChI is InChI=1S/C11H10F5NO/c12-10(13)5-9(17,6-10)7-3-1-2-4-8(7)18-11(14,15)16/h1-4H,5-6,17H2. The summed E-state index contributed by atoms with van der Waals surface area (Å²) in [4.78, 5) is 0. The summed E-state index contributed by atoms with van der Waals surface area (Å²) in [5, 5.41) is 0. The third-order valence-corrected chi connectivity index (χ3v) is 2.80. The van der Waals surface area contributed by atoms with Crippen LogP contribution in [0.2, 0.25) is 0 Å². The molecule has 0 atom stereocenters. The van der Waals surface area contributed by atoms with Crippen LogP contribution in [0.25, 0.3) is 0 Å². The number of hydrogen-bond acceptors (Lipinski definition) is 2. The number of hydrogen-bond donors (Lipinski definition) is 1. The lowest BCUT2D eigenvalue weighted by atomic mass is 9.69. The van der Waals surface area contributed by atoms with E-state index in [1.54, 1.807) is 0 Å². The summed E-state index contributed by atoms with van der Waals surface area (Å²) in [6, 6.07) is 5.10. The molecule has 0 heterocycles. The van der Waals surface area contributed by atoms with Crippen molar-refractivity contribution in [3.8, 4) is 5.75 Å². The highest BCUT2D eigenvalue weighted by Gasteiger charge is 2.56. The monoisotopic (exact) mass is 267 g/mol. The van der Waals surface area contributed by atoms with Crippen molar-refractivity contribution in [3.63, 3.8) is 0 Å². The summed E-state index contributed by atoms with van der Waals surface area (Å²) in [5.74, 6) is -3.46. The molecule has 1 aliphatic carbocycles. The number of alkyl halides is 5. The van der Waals surface area contributed by atoms with E-state index in [2.05, 4.69) is 4.74 Å². The summed E-state index contributed by atoms with van der Waals surface area (Å²) in [6.07, 6.45) is -6.24. The molecule has 0 amide bonds. The molecule has 2 N–H and O–H groups in total. The van der Waals surface area contributed by atoms with Gasteiger partial charge < -0.3 is 10.5 Å². The zero-order valence-corrected chi connectivity index (χ0v) is 9.10. The van der Waals surface area contributed by atoms with Gasteiger partial charge in [0.15, 0.2) is 0 Å². The Balaban J connectivity index is 2.29. The summed E-state index contributed by atoms with van der Waals surface area (Å²) >= 11 is 0. The van der Waals surface area contributed by atoms with Gasteiger partial charge in [-0.05, 0) is 6.07 Å². The lowest BCUT2D eigenvalue weighted by molar-refractivity contribution is -0.275. The van der Waals surface area contributed by atoms with E-state index < -0.39 is 36.4 Å². The first kappa shape index (κ1) is 13.1. The average molecular weight is 267 g/mol. The maximum atomic E-state index is 12.8. The maximum Gasteiger partial charge on any atom is 0.573 e. The molecule has 1 aliphatic rings. The largest absolute Gasteiger partial charge is 0.573 e. The van der Waals surface area contributed by atoms with Gasteiger partial charge in [-0.25, -0.2) is 8.78 Å². The predicted molar refractivity (Wildman–Crippen MR) is 53.2 cm³/mol. The minimum atomic E-state index is -4.88. The number of para-hydroxylation sites is 1. The van der Waals surface area contributed by atoms with Crippen molar-refractivity contribution in [2.24, 2.45) is 5.73 Å². The molecule has 0 spiro atoms. The summed E-state index contributed by atoms with van der Waals surface area (Å²) in [6.45, 7) is 0. The average Bonchev–Trinajstić information content (AvgIpc) is 2.12. The smallest absolute Gasteiger partial charge is 0.405 e. The molecule has 1 aromatic rings. The third kappa shape index (κ3) is 2.55. The van der Waals surface area contributed by atoms with Crippen LogP contribution in [0, 0.1) is 0 Å². The molecule has 0 aromatic heterocycles. The lowest BCUT2D eigenvalue weighted by Gasteiger charge is -2.45. The fraction of sp³-hybridized carbons (Fsp3) is 0.455. The molecule has 1 fully saturated rings. The fourth-order valence-electron chi connectivity index (χ4n) is 2.15. The lowest BCUT2D eigenvalue weighted by Crippen LogP contribution is -2.55. The molecule has 0 unspecified atom stereocenters. The topological polar surface area (TPSA) is 35.2 Å². The van der Waals surface area contributed by atoms with Gasteiger partial charge >= 0.3 is 6.36 Å². The molecule has 18 heavy (non-hydrogen) atoms. The van der Waals surface area contributed by atoms with Crippen LogP contribution in [0.4, 0.5) is 22.0 Å². The number of nitrogens with two attached hydrogens (primary N) is 1. The van der Waals surface area contributed by atoms with E-state index >= 15 is 0 Å². The van der Waals surface area contributed by atoms with Crippen molar-refractivity contribution in [1.29, 1.82) is 0 Å². The SMILES string of the molecule is NC1(c2ccccc2OC(F)(F)F)CC(F)(F)C1. The van der Waals surface area contributed by atoms with E-state index in [9.17, 15) is 22.0 Å². The van der Waals surface area contributed by atoms with Gasteiger partial charge in [-0.1, -0.05) is 18.2 Å². The molecule has 0 aliphatic heterocycles. The Bertz CT molecular complexity index is 449. The highest BCUT2D eigenvalue weighted by Crippen LogP contribution is 2.52. The van der Waals surface area contributed by atoms with Crippen molar-refractivity contribution in [3.05, 3.63) is 29.8 Å². The number of halogens is 5. The third-order valence-electron chi connectivity index (χ3n) is 2.80. The van der Waals surface area contributed by atoms with Crippen LogP contribution in [0.3, 0.4) is 0 Å². The zero-order chi connectivity index (χ0) is 13.6. The van der Waals surface area contributed by atoms with Crippen LogP contribution >= 0.6 is 0 Å². The van der Waals surface area contributed by atoms with Crippen LogP contribution < -0.4 is 10.5 Å². The van der Waals surface area contributed by atoms with Gasteiger partial charge in [0.25, 0.3) is 5.92 Å². The van der Waals surface area contributed by atoms with Crippen LogP contribution in [0.1, 0.15) is 18.4 Å². The van der Waals surface area contributed by atoms with Gasteiger partial charge in [0.05, 0.1) is 5.54 Å². The Labute approximate surface area is 99.5 Å². The Morgan fingerprint density at radius 1 is 1.11 bits per heavy atom. The fourth-order valence-corrected chi connectivity index (χ4v) is 2.15. The first-order valence-corrected chi connectivity index (χ1v) is 5.13. The zero-order valence-electron chi connectivity index (χ0n) is 9.10. The molecule has 0 radical (unpaired) electrons. The molecule has 1 aromatic carbocycles. The molecular weight excluding hydrogens is 257 g/mol. The normalized spacial score (nSPS) is 21.2. The van der Waals surface area contributed by atoms with E-state index in [1.165, 1.54) is 18.2 Å². The van der Waals surface area contributed by atoms with Crippen molar-refractivity contribution >= 4 is 0 Å². The van der Waals surface area contributed by atoms with Crippen molar-refractivity contribution < 1.29 is 26.7 Å². The Kier molecular flexibility index (Phi) is 2.77. The quantitative estimate of drug-likeness (QED) is 0.835. The molecule has 2 rings (SSSR count). The maximum absolute atomic E-state index is 12.8. The van der Waals surface area contributed by atoms with E-state index in [4.69, 9.17) is 5.73 Å². The minimum absolute atomic E-state index is 0.0479. The van der Waals surface area contributed by atoms with Crippen molar-refractivity contribution in [2.75, 3.05) is 0 Å². The van der Waals surface area contributed by atoms with Crippen LogP contribution in [0.15, 0.2) is 24.3 Å². The molecular formula is C11H10F5NO. The Morgan fingerprint density at radius 2 is 1.67 bits per heavy atom. The van der Waals surface area contributed by atoms with E-state index in [0.29, 0.717) is 0 Å². The number of rotatable bonds is 2. The Morgan fingerprint density at radius 3 is 2.17 bits per heavy atom. The van der Waals surface area contributed by atoms with E-state index in [0.717, 1.165) is 6.07 Å². The molecule has 1 saturated carbocycles. The summed E-state index contributed by atoms with van der Waals surface area (Å²) in [7, 11) is 0. The Hall–Kier alpha value is -1.37. The van der Waals surface area contributed by atoms with Gasteiger partial charge in [-0.2, -0.15) is 0 Å². The summed E-state index contributed by atoms with van der Waals surface area (Å²) < 4.78 is 66.0. The highest BCUT2D eigenvalue weighted by atomic mass is 19.4. The van der Waals surface area contributed by atoms with Crippen molar-refractivity contribution in [1.82, 2.24) is 0 Å². The van der Waals surface area contributed by atoms with Gasteiger partial charge in [0.1, 0.15) is 5.75 Å². The molecule has 7 heteroatoms. The van der Waals surface area contributed by atoms with Gasteiger partial charge in [-0.15, -0.1) is 13.2 Å². The molecule has 2 nitrogen and oxygen atoms in total. The molecule has 100 valence electrons. The van der Waals surface area contributed by atoms with E-state index in [-0.39, 0.29) is 5.56 Å². The highest BCUT2D eigenvalue weighted by molar-refractivity contribution is 5.41. The van der Waals surface area contributed by atoms with Crippen LogP contribution in [-0.4, -0.2) is 12.3 Å². The molecule has 0 saturated heterocycles. The second-order valence-electron chi connectivity index (χ2n) is 4.41. The number of ether oxygens (including phenoxy) is 1. The minimum Gasteiger partial charge on any atom is -0.405 e. The predicted octanol–water partition coefficient (Wildman–Crippen LogP) is 3.17.